The topological polar surface area (TPSA) is 71.4 Å². The van der Waals surface area contributed by atoms with Crippen LogP contribution >= 0.6 is 23.4 Å². The first-order valence-electron chi connectivity index (χ1n) is 4.63. The largest absolute Gasteiger partial charge is 0.478 e. The van der Waals surface area contributed by atoms with E-state index in [-0.39, 0.29) is 21.2 Å². The highest BCUT2D eigenvalue weighted by Gasteiger charge is 2.18. The molecule has 0 aromatic heterocycles. The highest BCUT2D eigenvalue weighted by Crippen LogP contribution is 2.21. The number of halogens is 1. The number of hydrogen-bond acceptors (Lipinski definition) is 4. The van der Waals surface area contributed by atoms with Crippen molar-refractivity contribution in [3.63, 3.8) is 0 Å². The fourth-order valence-corrected chi connectivity index (χ4v) is 3.72. The van der Waals surface area contributed by atoms with Crippen molar-refractivity contribution in [3.8, 4) is 0 Å². The van der Waals surface area contributed by atoms with Gasteiger partial charge in [0.2, 0.25) is 0 Å². The lowest BCUT2D eigenvalue weighted by molar-refractivity contribution is 0.0697. The molecule has 0 atom stereocenters. The molecule has 1 N–H and O–H groups in total. The summed E-state index contributed by atoms with van der Waals surface area (Å²) < 4.78 is 23.7. The third-order valence-corrected chi connectivity index (χ3v) is 5.00. The van der Waals surface area contributed by atoms with Gasteiger partial charge in [-0.1, -0.05) is 11.6 Å². The van der Waals surface area contributed by atoms with E-state index in [0.717, 1.165) is 6.07 Å². The number of carboxylic acids is 1. The molecule has 0 amide bonds. The lowest BCUT2D eigenvalue weighted by atomic mass is 10.2. The summed E-state index contributed by atoms with van der Waals surface area (Å²) in [6, 6.07) is 3.71. The Balaban J connectivity index is 3.16. The van der Waals surface area contributed by atoms with Crippen LogP contribution < -0.4 is 0 Å². The van der Waals surface area contributed by atoms with Crippen molar-refractivity contribution in [1.29, 1.82) is 0 Å². The van der Waals surface area contributed by atoms with Crippen molar-refractivity contribution in [1.82, 2.24) is 0 Å². The molecule has 0 aliphatic heterocycles. The normalized spacial score (nSPS) is 11.4. The van der Waals surface area contributed by atoms with Crippen LogP contribution in [-0.4, -0.2) is 37.3 Å². The van der Waals surface area contributed by atoms with Crippen LogP contribution in [-0.2, 0) is 9.84 Å². The Morgan fingerprint density at radius 2 is 2.12 bits per heavy atom. The highest BCUT2D eigenvalue weighted by molar-refractivity contribution is 8.00. The number of carbonyl (C=O) groups is 1. The van der Waals surface area contributed by atoms with Crippen molar-refractivity contribution in [2.75, 3.05) is 17.8 Å². The molecule has 4 nitrogen and oxygen atoms in total. The Morgan fingerprint density at radius 3 is 2.65 bits per heavy atom. The molecule has 0 bridgehead atoms. The molecule has 0 heterocycles. The van der Waals surface area contributed by atoms with Crippen molar-refractivity contribution in [2.45, 2.75) is 4.90 Å². The molecule has 94 valence electrons. The van der Waals surface area contributed by atoms with Crippen LogP contribution in [0.5, 0.6) is 0 Å². The number of benzene rings is 1. The summed E-state index contributed by atoms with van der Waals surface area (Å²) in [6.07, 6.45) is 1.81. The van der Waals surface area contributed by atoms with Gasteiger partial charge in [0.1, 0.15) is 0 Å². The lowest BCUT2D eigenvalue weighted by Crippen LogP contribution is -2.10. The van der Waals surface area contributed by atoms with Gasteiger partial charge in [-0.05, 0) is 24.5 Å². The third kappa shape index (κ3) is 3.62. The number of sulfone groups is 1. The molecule has 7 heteroatoms. The zero-order valence-corrected chi connectivity index (χ0v) is 11.4. The summed E-state index contributed by atoms with van der Waals surface area (Å²) in [5.74, 6) is -0.792. The highest BCUT2D eigenvalue weighted by atomic mass is 35.5. The second kappa shape index (κ2) is 5.75. The van der Waals surface area contributed by atoms with Gasteiger partial charge in [-0.15, -0.1) is 0 Å². The predicted octanol–water partition coefficient (Wildman–Crippen LogP) is 2.17. The average Bonchev–Trinajstić information content (AvgIpc) is 2.26. The van der Waals surface area contributed by atoms with Crippen molar-refractivity contribution in [3.05, 3.63) is 28.8 Å². The Labute approximate surface area is 109 Å². The van der Waals surface area contributed by atoms with Crippen molar-refractivity contribution < 1.29 is 18.3 Å². The molecule has 1 aromatic carbocycles. The molecular weight excluding hydrogens is 284 g/mol. The zero-order valence-electron chi connectivity index (χ0n) is 9.01. The Kier molecular flexibility index (Phi) is 4.85. The fraction of sp³-hybridized carbons (Fsp3) is 0.300. The summed E-state index contributed by atoms with van der Waals surface area (Å²) in [5.41, 5.74) is -0.197. The molecule has 0 unspecified atom stereocenters. The molecule has 0 saturated heterocycles. The SMILES string of the molecule is CSCCS(=O)(=O)c1ccc(Cl)c(C(=O)O)c1. The van der Waals surface area contributed by atoms with Crippen LogP contribution in [0.2, 0.25) is 5.02 Å². The van der Waals surface area contributed by atoms with E-state index in [2.05, 4.69) is 0 Å². The summed E-state index contributed by atoms with van der Waals surface area (Å²) in [6.45, 7) is 0. The number of aromatic carboxylic acids is 1. The quantitative estimate of drug-likeness (QED) is 0.901. The van der Waals surface area contributed by atoms with E-state index in [1.54, 1.807) is 6.26 Å². The van der Waals surface area contributed by atoms with Crippen LogP contribution in [0.4, 0.5) is 0 Å². The van der Waals surface area contributed by atoms with Gasteiger partial charge in [0.25, 0.3) is 0 Å². The van der Waals surface area contributed by atoms with E-state index in [1.165, 1.54) is 23.9 Å². The Morgan fingerprint density at radius 1 is 1.47 bits per heavy atom. The van der Waals surface area contributed by atoms with Gasteiger partial charge < -0.3 is 5.11 Å². The van der Waals surface area contributed by atoms with Crippen LogP contribution in [0.15, 0.2) is 23.1 Å². The Hall–Kier alpha value is -0.720. The van der Waals surface area contributed by atoms with E-state index in [0.29, 0.717) is 5.75 Å². The molecule has 0 saturated carbocycles. The standard InChI is InChI=1S/C10H11ClO4S2/c1-16-4-5-17(14,15)7-2-3-9(11)8(6-7)10(12)13/h2-3,6H,4-5H2,1H3,(H,12,13). The van der Waals surface area contributed by atoms with Gasteiger partial charge in [0, 0.05) is 5.75 Å². The predicted molar refractivity (Wildman–Crippen MR) is 68.8 cm³/mol. The first-order chi connectivity index (χ1) is 7.88. The molecule has 1 aromatic rings. The Bertz CT molecular complexity index is 525. The summed E-state index contributed by atoms with van der Waals surface area (Å²) in [4.78, 5) is 10.8. The van der Waals surface area contributed by atoms with E-state index in [4.69, 9.17) is 16.7 Å². The van der Waals surface area contributed by atoms with Crippen molar-refractivity contribution >= 4 is 39.2 Å². The summed E-state index contributed by atoms with van der Waals surface area (Å²) in [5, 5.41) is 8.88. The van der Waals surface area contributed by atoms with Gasteiger partial charge in [-0.3, -0.25) is 0 Å². The van der Waals surface area contributed by atoms with E-state index in [1.807, 2.05) is 0 Å². The summed E-state index contributed by atoms with van der Waals surface area (Å²) >= 11 is 7.08. The maximum Gasteiger partial charge on any atom is 0.337 e. The summed E-state index contributed by atoms with van der Waals surface area (Å²) in [7, 11) is -3.44. The van der Waals surface area contributed by atoms with Gasteiger partial charge in [0.15, 0.2) is 9.84 Å². The first-order valence-corrected chi connectivity index (χ1v) is 8.05. The molecule has 0 fully saturated rings. The monoisotopic (exact) mass is 294 g/mol. The van der Waals surface area contributed by atoms with E-state index < -0.39 is 15.8 Å². The minimum Gasteiger partial charge on any atom is -0.478 e. The maximum absolute atomic E-state index is 11.8. The first kappa shape index (κ1) is 14.3. The fourth-order valence-electron chi connectivity index (χ4n) is 1.17. The van der Waals surface area contributed by atoms with Gasteiger partial charge in [0.05, 0.1) is 21.2 Å². The average molecular weight is 295 g/mol. The van der Waals surface area contributed by atoms with Crippen LogP contribution in [0.1, 0.15) is 10.4 Å². The van der Waals surface area contributed by atoms with Gasteiger partial charge in [-0.2, -0.15) is 11.8 Å². The molecular formula is C10H11ClO4S2. The molecule has 1 rings (SSSR count). The lowest BCUT2D eigenvalue weighted by Gasteiger charge is -2.05. The second-order valence-corrected chi connectivity index (χ2v) is 6.76. The minimum atomic E-state index is -3.44. The minimum absolute atomic E-state index is 0.00616. The third-order valence-electron chi connectivity index (χ3n) is 2.08. The van der Waals surface area contributed by atoms with Gasteiger partial charge in [-0.25, -0.2) is 13.2 Å². The number of hydrogen-bond donors (Lipinski definition) is 1. The second-order valence-electron chi connectivity index (χ2n) is 3.26. The zero-order chi connectivity index (χ0) is 13.1. The van der Waals surface area contributed by atoms with Gasteiger partial charge >= 0.3 is 5.97 Å². The van der Waals surface area contributed by atoms with Crippen LogP contribution in [0.25, 0.3) is 0 Å². The smallest absolute Gasteiger partial charge is 0.337 e. The molecule has 0 radical (unpaired) electrons. The maximum atomic E-state index is 11.8. The number of carboxylic acid groups (broad SMARTS) is 1. The molecule has 0 spiro atoms. The van der Waals surface area contributed by atoms with E-state index >= 15 is 0 Å². The molecule has 0 aliphatic rings. The molecule has 17 heavy (non-hydrogen) atoms. The van der Waals surface area contributed by atoms with E-state index in [9.17, 15) is 13.2 Å². The number of thioether (sulfide) groups is 1. The van der Waals surface area contributed by atoms with Crippen LogP contribution in [0, 0.1) is 0 Å². The number of rotatable bonds is 5. The van der Waals surface area contributed by atoms with Crippen molar-refractivity contribution in [2.24, 2.45) is 0 Å². The molecule has 0 aliphatic carbocycles. The van der Waals surface area contributed by atoms with Crippen LogP contribution in [0.3, 0.4) is 0 Å².